The number of hydrogen-bond acceptors (Lipinski definition) is 3. The monoisotopic (exact) mass is 420 g/mol. The Bertz CT molecular complexity index is 982. The van der Waals surface area contributed by atoms with Crippen LogP contribution >= 0.6 is 11.6 Å². The number of benzene rings is 3. The molecule has 0 bridgehead atoms. The lowest BCUT2D eigenvalue weighted by Gasteiger charge is -2.29. The minimum atomic E-state index is 0.580. The maximum atomic E-state index is 6.58. The van der Waals surface area contributed by atoms with E-state index in [1.807, 2.05) is 24.3 Å². The highest BCUT2D eigenvalue weighted by Gasteiger charge is 2.14. The summed E-state index contributed by atoms with van der Waals surface area (Å²) in [6, 6.07) is 22.9. The Kier molecular flexibility index (Phi) is 6.81. The number of ether oxygens (including phenoxy) is 1. The van der Waals surface area contributed by atoms with Crippen molar-refractivity contribution >= 4 is 23.0 Å². The fourth-order valence-electron chi connectivity index (χ4n) is 3.89. The van der Waals surface area contributed by atoms with Crippen molar-refractivity contribution in [2.45, 2.75) is 39.3 Å². The van der Waals surface area contributed by atoms with Gasteiger partial charge in [-0.25, -0.2) is 0 Å². The lowest BCUT2D eigenvalue weighted by Crippen LogP contribution is -2.29. The van der Waals surface area contributed by atoms with Crippen LogP contribution in [0.5, 0.6) is 5.75 Å². The molecule has 3 nitrogen and oxygen atoms in total. The molecule has 1 aliphatic rings. The van der Waals surface area contributed by atoms with Crippen molar-refractivity contribution in [1.82, 2.24) is 0 Å². The van der Waals surface area contributed by atoms with E-state index >= 15 is 0 Å². The molecule has 0 saturated carbocycles. The molecule has 1 N–H and O–H groups in total. The molecule has 1 aliphatic heterocycles. The van der Waals surface area contributed by atoms with Crippen LogP contribution in [-0.4, -0.2) is 13.1 Å². The van der Waals surface area contributed by atoms with E-state index in [0.717, 1.165) is 41.8 Å². The highest BCUT2D eigenvalue weighted by Crippen LogP contribution is 2.31. The summed E-state index contributed by atoms with van der Waals surface area (Å²) >= 11 is 6.58. The molecule has 0 unspecified atom stereocenters. The van der Waals surface area contributed by atoms with E-state index < -0.39 is 0 Å². The lowest BCUT2D eigenvalue weighted by molar-refractivity contribution is 0.305. The Morgan fingerprint density at radius 1 is 0.933 bits per heavy atom. The minimum absolute atomic E-state index is 0.580. The van der Waals surface area contributed by atoms with Crippen molar-refractivity contribution < 1.29 is 4.74 Å². The van der Waals surface area contributed by atoms with Gasteiger partial charge in [-0.15, -0.1) is 0 Å². The highest BCUT2D eigenvalue weighted by molar-refractivity contribution is 6.33. The summed E-state index contributed by atoms with van der Waals surface area (Å²) in [6.07, 6.45) is 3.82. The molecule has 0 radical (unpaired) electrons. The molecule has 3 aromatic carbocycles. The maximum absolute atomic E-state index is 6.58. The number of anilines is 2. The van der Waals surface area contributed by atoms with Gasteiger partial charge in [-0.3, -0.25) is 0 Å². The van der Waals surface area contributed by atoms with E-state index in [1.165, 1.54) is 36.0 Å². The van der Waals surface area contributed by atoms with Gasteiger partial charge in [-0.05, 0) is 73.2 Å². The van der Waals surface area contributed by atoms with E-state index in [4.69, 9.17) is 16.3 Å². The summed E-state index contributed by atoms with van der Waals surface area (Å²) in [5, 5.41) is 4.30. The molecule has 4 rings (SSSR count). The van der Waals surface area contributed by atoms with Crippen molar-refractivity contribution in [3.8, 4) is 5.75 Å². The third-order valence-electron chi connectivity index (χ3n) is 5.70. The van der Waals surface area contributed by atoms with Crippen LogP contribution in [0, 0.1) is 6.92 Å². The minimum Gasteiger partial charge on any atom is -0.489 e. The van der Waals surface area contributed by atoms with E-state index in [2.05, 4.69) is 59.6 Å². The molecule has 3 aromatic rings. The summed E-state index contributed by atoms with van der Waals surface area (Å²) in [5.41, 5.74) is 5.82. The SMILES string of the molecule is Cc1ccccc1COc1cccc(CNc2ccc(N3CCCCC3)c(Cl)c2)c1. The molecule has 0 amide bonds. The molecule has 0 atom stereocenters. The zero-order valence-corrected chi connectivity index (χ0v) is 18.3. The Hall–Kier alpha value is -2.65. The van der Waals surface area contributed by atoms with Crippen LogP contribution in [-0.2, 0) is 13.2 Å². The predicted molar refractivity (Wildman–Crippen MR) is 127 cm³/mol. The zero-order valence-electron chi connectivity index (χ0n) is 17.5. The van der Waals surface area contributed by atoms with E-state index in [1.54, 1.807) is 0 Å². The van der Waals surface area contributed by atoms with Gasteiger partial charge in [0.1, 0.15) is 12.4 Å². The van der Waals surface area contributed by atoms with Crippen molar-refractivity contribution in [1.29, 1.82) is 0 Å². The van der Waals surface area contributed by atoms with Gasteiger partial charge >= 0.3 is 0 Å². The van der Waals surface area contributed by atoms with Crippen molar-refractivity contribution in [3.63, 3.8) is 0 Å². The Balaban J connectivity index is 1.35. The van der Waals surface area contributed by atoms with Crippen LogP contribution < -0.4 is 15.0 Å². The van der Waals surface area contributed by atoms with Gasteiger partial charge < -0.3 is 15.0 Å². The number of aryl methyl sites for hydroxylation is 1. The zero-order chi connectivity index (χ0) is 20.8. The van der Waals surface area contributed by atoms with Crippen LogP contribution in [0.2, 0.25) is 5.02 Å². The smallest absolute Gasteiger partial charge is 0.120 e. The summed E-state index contributed by atoms with van der Waals surface area (Å²) in [5.74, 6) is 0.885. The second-order valence-corrected chi connectivity index (χ2v) is 8.34. The molecule has 0 aliphatic carbocycles. The quantitative estimate of drug-likeness (QED) is 0.453. The molecule has 1 saturated heterocycles. The van der Waals surface area contributed by atoms with Crippen molar-refractivity contribution in [2.75, 3.05) is 23.3 Å². The van der Waals surface area contributed by atoms with E-state index in [0.29, 0.717) is 6.61 Å². The van der Waals surface area contributed by atoms with Gasteiger partial charge in [0.15, 0.2) is 0 Å². The van der Waals surface area contributed by atoms with Gasteiger partial charge in [0.25, 0.3) is 0 Å². The third kappa shape index (κ3) is 5.28. The number of rotatable bonds is 7. The highest BCUT2D eigenvalue weighted by atomic mass is 35.5. The second kappa shape index (κ2) is 9.90. The standard InChI is InChI=1S/C26H29ClN2O/c1-20-8-3-4-10-22(20)19-30-24-11-7-9-21(16-24)18-28-23-12-13-26(25(27)17-23)29-14-5-2-6-15-29/h3-4,7-13,16-17,28H,2,5-6,14-15,18-19H2,1H3. The molecular formula is C26H29ClN2O. The van der Waals surface area contributed by atoms with Crippen LogP contribution in [0.1, 0.15) is 36.0 Å². The summed E-state index contributed by atoms with van der Waals surface area (Å²) in [7, 11) is 0. The van der Waals surface area contributed by atoms with Crippen molar-refractivity contribution in [3.05, 3.63) is 88.4 Å². The molecule has 30 heavy (non-hydrogen) atoms. The van der Waals surface area contributed by atoms with Gasteiger partial charge in [-0.1, -0.05) is 48.0 Å². The Morgan fingerprint density at radius 3 is 2.57 bits per heavy atom. The average molecular weight is 421 g/mol. The molecule has 156 valence electrons. The first-order chi connectivity index (χ1) is 14.7. The third-order valence-corrected chi connectivity index (χ3v) is 6.00. The Morgan fingerprint density at radius 2 is 1.77 bits per heavy atom. The number of nitrogens with zero attached hydrogens (tertiary/aromatic N) is 1. The first-order valence-electron chi connectivity index (χ1n) is 10.7. The summed E-state index contributed by atoms with van der Waals surface area (Å²) in [4.78, 5) is 2.39. The van der Waals surface area contributed by atoms with E-state index in [-0.39, 0.29) is 0 Å². The molecule has 4 heteroatoms. The van der Waals surface area contributed by atoms with Gasteiger partial charge in [0.2, 0.25) is 0 Å². The lowest BCUT2D eigenvalue weighted by atomic mass is 10.1. The molecule has 1 heterocycles. The van der Waals surface area contributed by atoms with Crippen LogP contribution in [0.15, 0.2) is 66.7 Å². The first-order valence-corrected chi connectivity index (χ1v) is 11.1. The fourth-order valence-corrected chi connectivity index (χ4v) is 4.19. The first kappa shape index (κ1) is 20.6. The predicted octanol–water partition coefficient (Wildman–Crippen LogP) is 6.83. The second-order valence-electron chi connectivity index (χ2n) is 7.93. The fraction of sp³-hybridized carbons (Fsp3) is 0.308. The average Bonchev–Trinajstić information content (AvgIpc) is 2.78. The normalized spacial score (nSPS) is 13.9. The number of halogens is 1. The molecule has 0 aromatic heterocycles. The summed E-state index contributed by atoms with van der Waals surface area (Å²) < 4.78 is 6.01. The van der Waals surface area contributed by atoms with Gasteiger partial charge in [0, 0.05) is 25.3 Å². The van der Waals surface area contributed by atoms with Crippen LogP contribution in [0.4, 0.5) is 11.4 Å². The van der Waals surface area contributed by atoms with Crippen LogP contribution in [0.25, 0.3) is 0 Å². The molecule has 0 spiro atoms. The number of piperidine rings is 1. The maximum Gasteiger partial charge on any atom is 0.120 e. The van der Waals surface area contributed by atoms with Crippen molar-refractivity contribution in [2.24, 2.45) is 0 Å². The summed E-state index contributed by atoms with van der Waals surface area (Å²) in [6.45, 7) is 5.61. The number of nitrogens with one attached hydrogen (secondary N) is 1. The molecule has 1 fully saturated rings. The topological polar surface area (TPSA) is 24.5 Å². The van der Waals surface area contributed by atoms with Gasteiger partial charge in [-0.2, -0.15) is 0 Å². The number of hydrogen-bond donors (Lipinski definition) is 1. The molecular weight excluding hydrogens is 392 g/mol. The Labute approximate surface area is 184 Å². The van der Waals surface area contributed by atoms with Crippen LogP contribution in [0.3, 0.4) is 0 Å². The van der Waals surface area contributed by atoms with Gasteiger partial charge in [0.05, 0.1) is 10.7 Å². The largest absolute Gasteiger partial charge is 0.489 e. The van der Waals surface area contributed by atoms with E-state index in [9.17, 15) is 0 Å².